The maximum absolute atomic E-state index is 16.5. The van der Waals surface area contributed by atoms with E-state index in [0.29, 0.717) is 137 Å². The molecular formula is C116H96CuF8N12O2. The van der Waals surface area contributed by atoms with Gasteiger partial charge in [-0.25, -0.2) is 55.1 Å². The number of hydrogen-bond donors (Lipinski definition) is 0. The molecule has 0 saturated heterocycles. The Labute approximate surface area is 806 Å². The van der Waals surface area contributed by atoms with Crippen molar-refractivity contribution in [2.24, 2.45) is 0 Å². The molecule has 9 heterocycles. The van der Waals surface area contributed by atoms with Gasteiger partial charge in [-0.3, -0.25) is 18.4 Å². The number of nitrogens with zero attached hydrogens (tertiary/aromatic N) is 12. The topological polar surface area (TPSA) is 179 Å². The van der Waals surface area contributed by atoms with E-state index in [1.807, 2.05) is 109 Å². The van der Waals surface area contributed by atoms with Gasteiger partial charge in [0.15, 0.2) is 23.3 Å². The predicted octanol–water partition coefficient (Wildman–Crippen LogP) is 29.3. The third-order valence-corrected chi connectivity index (χ3v) is 27.8. The summed E-state index contributed by atoms with van der Waals surface area (Å²) in [5.74, 6) is -10.3. The van der Waals surface area contributed by atoms with E-state index in [9.17, 15) is 27.2 Å². The molecule has 0 fully saturated rings. The van der Waals surface area contributed by atoms with Crippen molar-refractivity contribution in [2.45, 2.75) is 207 Å². The van der Waals surface area contributed by atoms with Gasteiger partial charge in [0.05, 0.1) is 50.1 Å². The zero-order valence-corrected chi connectivity index (χ0v) is 78.4. The van der Waals surface area contributed by atoms with E-state index in [4.69, 9.17) is 53.6 Å². The second-order valence-corrected chi connectivity index (χ2v) is 36.6. The number of nitriles is 2. The number of pyridine rings is 2. The van der Waals surface area contributed by atoms with Gasteiger partial charge in [-0.15, -0.1) is 22.1 Å². The van der Waals surface area contributed by atoms with Crippen molar-refractivity contribution < 1.29 is 52.2 Å². The number of para-hydroxylation sites is 4. The fraction of sp³-hybridized carbons (Fsp3) is 0.276. The van der Waals surface area contributed by atoms with Gasteiger partial charge in [0.25, 0.3) is 11.1 Å². The maximum atomic E-state index is 16.5. The number of unbranched alkanes of at least 4 members (excludes halogenated alkanes) is 20. The quantitative estimate of drug-likeness (QED) is 0.00871. The minimum absolute atomic E-state index is 0. The van der Waals surface area contributed by atoms with E-state index < -0.39 is 45.1 Å². The van der Waals surface area contributed by atoms with E-state index in [1.165, 1.54) is 77.0 Å². The van der Waals surface area contributed by atoms with E-state index in [1.54, 1.807) is 33.1 Å². The molecule has 21 rings (SSSR count). The average Bonchev–Trinajstić information content (AvgIpc) is 1.67. The Bertz CT molecular complexity index is 8200. The summed E-state index contributed by atoms with van der Waals surface area (Å²) in [4.78, 5) is 63.7. The monoisotopic (exact) mass is 1900 g/mol. The van der Waals surface area contributed by atoms with E-state index in [2.05, 4.69) is 73.8 Å². The molecule has 0 amide bonds. The zero-order chi connectivity index (χ0) is 95.8. The van der Waals surface area contributed by atoms with Crippen LogP contribution in [0.4, 0.5) is 35.1 Å². The number of hydrogen-bond acceptors (Lipinski definition) is 8. The molecule has 19 aromatic rings. The van der Waals surface area contributed by atoms with Crippen LogP contribution in [0.25, 0.3) is 208 Å². The van der Waals surface area contributed by atoms with Crippen LogP contribution in [0.15, 0.2) is 179 Å². The second kappa shape index (κ2) is 40.7. The fourth-order valence-electron chi connectivity index (χ4n) is 20.7. The maximum Gasteiger partial charge on any atom is 2.00 e. The van der Waals surface area contributed by atoms with Crippen LogP contribution < -0.4 is 31.5 Å². The molecule has 0 spiro atoms. The van der Waals surface area contributed by atoms with Gasteiger partial charge in [-0.1, -0.05) is 205 Å². The van der Waals surface area contributed by atoms with Crippen molar-refractivity contribution >= 4 is 153 Å². The molecule has 2 aliphatic heterocycles. The van der Waals surface area contributed by atoms with Crippen LogP contribution in [-0.2, 0) is 42.8 Å². The molecule has 7 aromatic heterocycles. The molecule has 23 heteroatoms. The first kappa shape index (κ1) is 94.9. The van der Waals surface area contributed by atoms with Crippen LogP contribution in [-0.4, -0.2) is 28.7 Å². The van der Waals surface area contributed by atoms with Crippen LogP contribution in [0.1, 0.15) is 204 Å². The zero-order valence-electron chi connectivity index (χ0n) is 77.5. The van der Waals surface area contributed by atoms with E-state index >= 15 is 17.6 Å². The number of halogens is 8. The SMILES string of the molecule is CCCCCCCCc1cc2c(cc1F)-c1cc3[n-]c(cc4nc(cc5[n-]c(cc-2n1)c1cc(F)c(CCCCCCCC)cc51)-c1cc(F)c(CCCCCCCC)cc1-4)c1cc(F)c(CCCCCCCC)cc31.O=c1c2ccc3c4ccc5c6c(ccc(c7ccc(c2c37)c2nc3ccccc3n12)c46)c(=O)n1c2ccccc2nc51.[C-]#[N+]C([N+]#[C-])=c1c(F)c(F)c(=C(C#N)C#N)c(F)c1F.[Cu+2]. The Morgan fingerprint density at radius 3 is 0.950 bits per heavy atom. The molecule has 0 N–H and O–H groups in total. The van der Waals surface area contributed by atoms with Crippen LogP contribution in [0, 0.1) is 82.3 Å². The Kier molecular flexibility index (Phi) is 27.8. The van der Waals surface area contributed by atoms with Crippen LogP contribution >= 0.6 is 0 Å². The third-order valence-electron chi connectivity index (χ3n) is 27.8. The van der Waals surface area contributed by atoms with Crippen molar-refractivity contribution in [3.8, 4) is 57.2 Å². The molecule has 2 aliphatic rings. The van der Waals surface area contributed by atoms with Gasteiger partial charge in [-0.05, 0) is 249 Å². The predicted molar refractivity (Wildman–Crippen MR) is 538 cm³/mol. The van der Waals surface area contributed by atoms with Gasteiger partial charge in [0, 0.05) is 54.6 Å². The Balaban J connectivity index is 0.000000167. The summed E-state index contributed by atoms with van der Waals surface area (Å²) in [6, 6.07) is 56.1. The van der Waals surface area contributed by atoms with Crippen molar-refractivity contribution in [2.75, 3.05) is 0 Å². The van der Waals surface area contributed by atoms with Crippen LogP contribution in [0.3, 0.4) is 0 Å². The molecule has 14 nitrogen and oxygen atoms in total. The van der Waals surface area contributed by atoms with Crippen LogP contribution in [0.5, 0.6) is 0 Å². The average molecular weight is 1910 g/mol. The Morgan fingerprint density at radius 1 is 0.331 bits per heavy atom. The normalized spacial score (nSPS) is 11.8. The van der Waals surface area contributed by atoms with E-state index in [-0.39, 0.29) is 51.5 Å². The summed E-state index contributed by atoms with van der Waals surface area (Å²) in [5, 5.41) is 28.4. The molecule has 0 aliphatic carbocycles. The molecule has 0 unspecified atom stereocenters. The molecule has 0 saturated carbocycles. The summed E-state index contributed by atoms with van der Waals surface area (Å²) in [7, 11) is 0. The number of rotatable bonds is 28. The summed E-state index contributed by atoms with van der Waals surface area (Å²) < 4.78 is 124. The minimum atomic E-state index is -2.01. The van der Waals surface area contributed by atoms with Crippen molar-refractivity contribution in [1.29, 1.82) is 10.5 Å². The van der Waals surface area contributed by atoms with Crippen molar-refractivity contribution in [3.05, 3.63) is 293 Å². The Morgan fingerprint density at radius 2 is 0.612 bits per heavy atom. The van der Waals surface area contributed by atoms with Gasteiger partial charge < -0.3 is 9.97 Å². The van der Waals surface area contributed by atoms with Crippen molar-refractivity contribution in [1.82, 2.24) is 38.7 Å². The summed E-state index contributed by atoms with van der Waals surface area (Å²) in [6.07, 6.45) is 28.7. The first-order valence-corrected chi connectivity index (χ1v) is 48.3. The molecule has 1 radical (unpaired) electrons. The molecule has 0 atom stereocenters. The smallest absolute Gasteiger partial charge is 0.657 e. The first-order chi connectivity index (χ1) is 67.3. The minimum Gasteiger partial charge on any atom is -0.657 e. The summed E-state index contributed by atoms with van der Waals surface area (Å²) in [6.45, 7) is 21.9. The standard InChI is InChI=1S/C68H80F4N4.C36H16N4O2.C12F4N4.Cu/c1-5-9-13-17-21-25-29-45-33-49-53(37-57(45)69)65-42-62-51-35-47(31-27-23-19-15-11-7-3)59(71)39-55(51)67(75-62)44-64-52-36-48(32-28-24-20-16-12-8-4)60(72)40-56(52)68(76-64)43-63-50-34-46(30-26-22-18-14-10-6-2)58(70)38-54(50)66(74-63)41-61(49)73-65;41-35-23-15-11-19-18-10-14-22-32-24(36(42)40-28-8-4-2-6-26(28)38-34(22)40)16-12-20(30(18)32)17-9-13-21(31(23)29(17)19)33-37-25-5-1-3-7-27(25)39(33)35;1-19-12(20-2)7-10(15)8(13)6(5(3-17)4-18)9(14)11(7)16;/h33-44H,5-32H2,1-4H3;1-16H;;/q-2;;;+2. The first-order valence-electron chi connectivity index (χ1n) is 48.3. The number of aryl methyl sites for hydroxylation is 4. The summed E-state index contributed by atoms with van der Waals surface area (Å²) >= 11 is 0. The number of imidazole rings is 2. The van der Waals surface area contributed by atoms with Gasteiger partial charge in [-0.2, -0.15) is 20.2 Å². The summed E-state index contributed by atoms with van der Waals surface area (Å²) in [5.41, 5.74) is 13.2. The number of aromatic nitrogens is 8. The van der Waals surface area contributed by atoms with Crippen molar-refractivity contribution in [3.63, 3.8) is 0 Å². The molecule has 12 aromatic carbocycles. The second-order valence-electron chi connectivity index (χ2n) is 36.6. The molecule has 8 bridgehead atoms. The van der Waals surface area contributed by atoms with E-state index in [0.717, 1.165) is 187 Å². The number of fused-ring (bicyclic) bond motifs is 30. The van der Waals surface area contributed by atoms with Crippen LogP contribution in [0.2, 0.25) is 0 Å². The third kappa shape index (κ3) is 17.4. The van der Waals surface area contributed by atoms with Gasteiger partial charge in [0.2, 0.25) is 0 Å². The fourth-order valence-corrected chi connectivity index (χ4v) is 20.7. The molecule has 699 valence electrons. The molecule has 139 heavy (non-hydrogen) atoms. The largest absolute Gasteiger partial charge is 2.00 e. The van der Waals surface area contributed by atoms with Gasteiger partial charge in [0.1, 0.15) is 70.6 Å². The number of benzene rings is 12. The van der Waals surface area contributed by atoms with Gasteiger partial charge >= 0.3 is 22.9 Å². The Hall–Kier alpha value is -14.5. The molecular weight excluding hydrogens is 1810 g/mol.